The van der Waals surface area contributed by atoms with E-state index in [-0.39, 0.29) is 30.3 Å². The van der Waals surface area contributed by atoms with E-state index in [1.807, 2.05) is 0 Å². The molecule has 2 rings (SSSR count). The second-order valence-corrected chi connectivity index (χ2v) is 5.33. The van der Waals surface area contributed by atoms with Gasteiger partial charge in [-0.25, -0.2) is 4.39 Å². The van der Waals surface area contributed by atoms with Crippen LogP contribution in [-0.4, -0.2) is 24.4 Å². The van der Waals surface area contributed by atoms with Crippen molar-refractivity contribution in [2.45, 2.75) is 25.3 Å². The van der Waals surface area contributed by atoms with E-state index in [4.69, 9.17) is 0 Å². The van der Waals surface area contributed by atoms with E-state index < -0.39 is 5.82 Å². The maximum Gasteiger partial charge on any atom is 0.251 e. The predicted octanol–water partition coefficient (Wildman–Crippen LogP) is 1.99. The number of hydrogen-bond acceptors (Lipinski definition) is 2. The van der Waals surface area contributed by atoms with Crippen molar-refractivity contribution in [2.24, 2.45) is 0 Å². The normalized spacial score (nSPS) is 14.0. The van der Waals surface area contributed by atoms with Crippen molar-refractivity contribution in [2.75, 3.05) is 6.54 Å². The van der Waals surface area contributed by atoms with E-state index in [1.54, 1.807) is 0 Å². The number of carbonyl (C=O) groups is 2. The first-order valence-electron chi connectivity index (χ1n) is 6.09. The summed E-state index contributed by atoms with van der Waals surface area (Å²) in [6.45, 7) is 0.245. The summed E-state index contributed by atoms with van der Waals surface area (Å²) in [5.41, 5.74) is 0.239. The summed E-state index contributed by atoms with van der Waals surface area (Å²) < 4.78 is 13.6. The minimum absolute atomic E-state index is 0.0650. The number of halogens is 2. The lowest BCUT2D eigenvalue weighted by Crippen LogP contribution is -2.31. The van der Waals surface area contributed by atoms with Gasteiger partial charge >= 0.3 is 0 Å². The smallest absolute Gasteiger partial charge is 0.251 e. The Morgan fingerprint density at radius 3 is 2.74 bits per heavy atom. The summed E-state index contributed by atoms with van der Waals surface area (Å²) >= 11 is 3.02. The molecule has 1 fully saturated rings. The summed E-state index contributed by atoms with van der Waals surface area (Å²) in [5, 5.41) is 5.42. The first-order chi connectivity index (χ1) is 9.06. The van der Waals surface area contributed by atoms with Gasteiger partial charge in [-0.3, -0.25) is 9.59 Å². The number of nitrogens with one attached hydrogen (secondary N) is 2. The fourth-order valence-corrected chi connectivity index (χ4v) is 1.80. The second-order valence-electron chi connectivity index (χ2n) is 4.48. The molecule has 0 aromatic heterocycles. The Morgan fingerprint density at radius 2 is 2.11 bits per heavy atom. The molecule has 6 heteroatoms. The standard InChI is InChI=1S/C13H14BrFN2O2/c14-10-4-1-8(7-11(10)15)13(19)16-6-5-12(18)17-9-2-3-9/h1,4,7,9H,2-3,5-6H2,(H,16,19)(H,17,18). The molecule has 1 saturated carbocycles. The quantitative estimate of drug-likeness (QED) is 0.868. The largest absolute Gasteiger partial charge is 0.353 e. The second kappa shape index (κ2) is 6.14. The van der Waals surface area contributed by atoms with Gasteiger partial charge in [-0.05, 0) is 47.0 Å². The van der Waals surface area contributed by atoms with Crippen molar-refractivity contribution in [1.82, 2.24) is 10.6 Å². The summed E-state index contributed by atoms with van der Waals surface area (Å²) in [6, 6.07) is 4.48. The molecule has 0 bridgehead atoms. The SMILES string of the molecule is O=C(CCNC(=O)c1ccc(Br)c(F)c1)NC1CC1. The number of benzene rings is 1. The van der Waals surface area contributed by atoms with Crippen molar-refractivity contribution < 1.29 is 14.0 Å². The van der Waals surface area contributed by atoms with E-state index in [1.165, 1.54) is 12.1 Å². The Balaban J connectivity index is 1.76. The van der Waals surface area contributed by atoms with Crippen molar-refractivity contribution in [3.63, 3.8) is 0 Å². The van der Waals surface area contributed by atoms with Gasteiger partial charge in [0.1, 0.15) is 5.82 Å². The summed E-state index contributed by atoms with van der Waals surface area (Å²) in [7, 11) is 0. The van der Waals surface area contributed by atoms with Gasteiger partial charge < -0.3 is 10.6 Å². The molecule has 0 unspecified atom stereocenters. The number of carbonyl (C=O) groups excluding carboxylic acids is 2. The molecule has 2 amide bonds. The zero-order chi connectivity index (χ0) is 13.8. The Kier molecular flexibility index (Phi) is 4.52. The van der Waals surface area contributed by atoms with Crippen LogP contribution >= 0.6 is 15.9 Å². The maximum absolute atomic E-state index is 13.2. The molecule has 0 spiro atoms. The van der Waals surface area contributed by atoms with Crippen LogP contribution in [0.15, 0.2) is 22.7 Å². The van der Waals surface area contributed by atoms with Crippen molar-refractivity contribution >= 4 is 27.7 Å². The highest BCUT2D eigenvalue weighted by Gasteiger charge is 2.22. The highest BCUT2D eigenvalue weighted by atomic mass is 79.9. The van der Waals surface area contributed by atoms with Gasteiger partial charge in [0.05, 0.1) is 4.47 Å². The summed E-state index contributed by atoms with van der Waals surface area (Å²) in [4.78, 5) is 23.1. The van der Waals surface area contributed by atoms with Crippen LogP contribution in [0.3, 0.4) is 0 Å². The van der Waals surface area contributed by atoms with Crippen LogP contribution < -0.4 is 10.6 Å². The number of rotatable bonds is 5. The van der Waals surface area contributed by atoms with Crippen LogP contribution in [0.4, 0.5) is 4.39 Å². The number of amides is 2. The molecule has 0 radical (unpaired) electrons. The van der Waals surface area contributed by atoms with Crippen molar-refractivity contribution in [3.05, 3.63) is 34.1 Å². The van der Waals surface area contributed by atoms with Crippen LogP contribution in [0.2, 0.25) is 0 Å². The van der Waals surface area contributed by atoms with Crippen LogP contribution in [0.5, 0.6) is 0 Å². The van der Waals surface area contributed by atoms with Gasteiger partial charge in [0.25, 0.3) is 5.91 Å². The first-order valence-corrected chi connectivity index (χ1v) is 6.88. The molecule has 1 aromatic carbocycles. The van der Waals surface area contributed by atoms with Gasteiger partial charge in [-0.15, -0.1) is 0 Å². The molecule has 102 valence electrons. The lowest BCUT2D eigenvalue weighted by Gasteiger charge is -2.06. The summed E-state index contributed by atoms with van der Waals surface area (Å²) in [5.74, 6) is -0.936. The highest BCUT2D eigenvalue weighted by molar-refractivity contribution is 9.10. The van der Waals surface area contributed by atoms with E-state index >= 15 is 0 Å². The maximum atomic E-state index is 13.2. The van der Waals surface area contributed by atoms with E-state index in [0.717, 1.165) is 18.9 Å². The molecular formula is C13H14BrFN2O2. The molecule has 1 aliphatic carbocycles. The van der Waals surface area contributed by atoms with Gasteiger partial charge in [0.2, 0.25) is 5.91 Å². The van der Waals surface area contributed by atoms with Crippen molar-refractivity contribution in [3.8, 4) is 0 Å². The third-order valence-electron chi connectivity index (χ3n) is 2.76. The van der Waals surface area contributed by atoms with Crippen LogP contribution in [0.25, 0.3) is 0 Å². The number of hydrogen-bond donors (Lipinski definition) is 2. The first kappa shape index (κ1) is 14.0. The summed E-state index contributed by atoms with van der Waals surface area (Å²) in [6.07, 6.45) is 2.31. The third kappa shape index (κ3) is 4.31. The molecular weight excluding hydrogens is 315 g/mol. The highest BCUT2D eigenvalue weighted by Crippen LogP contribution is 2.18. The average Bonchev–Trinajstić information content (AvgIpc) is 3.16. The van der Waals surface area contributed by atoms with Gasteiger partial charge in [0.15, 0.2) is 0 Å². The monoisotopic (exact) mass is 328 g/mol. The van der Waals surface area contributed by atoms with E-state index in [2.05, 4.69) is 26.6 Å². The Bertz CT molecular complexity index is 503. The van der Waals surface area contributed by atoms with Crippen molar-refractivity contribution in [1.29, 1.82) is 0 Å². The topological polar surface area (TPSA) is 58.2 Å². The Labute approximate surface area is 118 Å². The minimum Gasteiger partial charge on any atom is -0.353 e. The zero-order valence-corrected chi connectivity index (χ0v) is 11.8. The molecule has 0 heterocycles. The molecule has 0 atom stereocenters. The lowest BCUT2D eigenvalue weighted by atomic mass is 10.2. The van der Waals surface area contributed by atoms with Crippen LogP contribution in [0, 0.1) is 5.82 Å². The molecule has 1 aromatic rings. The molecule has 0 aliphatic heterocycles. The van der Waals surface area contributed by atoms with Gasteiger partial charge in [-0.2, -0.15) is 0 Å². The Hall–Kier alpha value is -1.43. The molecule has 4 nitrogen and oxygen atoms in total. The van der Waals surface area contributed by atoms with E-state index in [0.29, 0.717) is 10.5 Å². The van der Waals surface area contributed by atoms with Crippen LogP contribution in [0.1, 0.15) is 29.6 Å². The fourth-order valence-electron chi connectivity index (χ4n) is 1.56. The molecule has 2 N–H and O–H groups in total. The minimum atomic E-state index is -0.487. The van der Waals surface area contributed by atoms with Crippen LogP contribution in [-0.2, 0) is 4.79 Å². The molecule has 19 heavy (non-hydrogen) atoms. The predicted molar refractivity (Wildman–Crippen MR) is 72.2 cm³/mol. The zero-order valence-electron chi connectivity index (χ0n) is 10.2. The third-order valence-corrected chi connectivity index (χ3v) is 3.40. The molecule has 1 aliphatic rings. The van der Waals surface area contributed by atoms with E-state index in [9.17, 15) is 14.0 Å². The lowest BCUT2D eigenvalue weighted by molar-refractivity contribution is -0.121. The molecule has 0 saturated heterocycles. The van der Waals surface area contributed by atoms with Gasteiger partial charge in [0, 0.05) is 24.6 Å². The fraction of sp³-hybridized carbons (Fsp3) is 0.385. The van der Waals surface area contributed by atoms with Gasteiger partial charge in [-0.1, -0.05) is 0 Å². The average molecular weight is 329 g/mol. The Morgan fingerprint density at radius 1 is 1.37 bits per heavy atom.